The topological polar surface area (TPSA) is 46.2 Å². The van der Waals surface area contributed by atoms with Gasteiger partial charge in [0.25, 0.3) is 9.84 Å². The van der Waals surface area contributed by atoms with Crippen LogP contribution in [-0.4, -0.2) is 26.5 Å². The highest BCUT2D eigenvalue weighted by Crippen LogP contribution is 2.35. The largest absolute Gasteiger partial charge is 0.501 e. The van der Waals surface area contributed by atoms with Gasteiger partial charge in [0, 0.05) is 6.04 Å². The molecule has 1 N–H and O–H groups in total. The molecule has 0 spiro atoms. The zero-order chi connectivity index (χ0) is 15.6. The molecule has 2 atom stereocenters. The number of likely N-dealkylation sites (N-methyl/N-ethyl adjacent to an activating group) is 1. The number of rotatable bonds is 5. The quantitative estimate of drug-likeness (QED) is 0.909. The van der Waals surface area contributed by atoms with Crippen LogP contribution in [0.5, 0.6) is 0 Å². The van der Waals surface area contributed by atoms with E-state index in [9.17, 15) is 21.6 Å². The van der Waals surface area contributed by atoms with E-state index in [4.69, 9.17) is 0 Å². The first kappa shape index (κ1) is 17.0. The van der Waals surface area contributed by atoms with Crippen LogP contribution in [0.4, 0.5) is 13.2 Å². The molecule has 2 unspecified atom stereocenters. The predicted octanol–water partition coefficient (Wildman–Crippen LogP) is 3.08. The number of nitrogens with one attached hydrogen (secondary N) is 1. The summed E-state index contributed by atoms with van der Waals surface area (Å²) in [5.41, 5.74) is -5.11. The van der Waals surface area contributed by atoms with Crippen molar-refractivity contribution < 1.29 is 21.6 Å². The minimum Gasteiger partial charge on any atom is -0.314 e. The average Bonchev–Trinajstić information content (AvgIpc) is 2.36. The van der Waals surface area contributed by atoms with Crippen LogP contribution in [0.2, 0.25) is 0 Å². The number of sulfone groups is 1. The molecule has 0 amide bonds. The van der Waals surface area contributed by atoms with Crippen LogP contribution in [0.1, 0.15) is 32.3 Å². The van der Waals surface area contributed by atoms with E-state index in [1.807, 2.05) is 13.8 Å². The second kappa shape index (κ2) is 6.13. The molecule has 0 saturated heterocycles. The first-order valence-electron chi connectivity index (χ1n) is 6.26. The van der Waals surface area contributed by atoms with Crippen molar-refractivity contribution in [3.63, 3.8) is 0 Å². The Morgan fingerprint density at radius 2 is 1.75 bits per heavy atom. The number of hydrogen-bond acceptors (Lipinski definition) is 3. The van der Waals surface area contributed by atoms with Gasteiger partial charge in [0.1, 0.15) is 0 Å². The van der Waals surface area contributed by atoms with Gasteiger partial charge >= 0.3 is 5.51 Å². The van der Waals surface area contributed by atoms with Gasteiger partial charge in [0.15, 0.2) is 0 Å². The highest BCUT2D eigenvalue weighted by atomic mass is 32.2. The minimum atomic E-state index is -5.33. The minimum absolute atomic E-state index is 0.135. The molecule has 0 aromatic heterocycles. The maximum absolute atomic E-state index is 12.7. The summed E-state index contributed by atoms with van der Waals surface area (Å²) in [7, 11) is -5.33. The van der Waals surface area contributed by atoms with Gasteiger partial charge in [-0.25, -0.2) is 8.42 Å². The van der Waals surface area contributed by atoms with Crippen molar-refractivity contribution in [1.29, 1.82) is 0 Å². The van der Waals surface area contributed by atoms with E-state index in [-0.39, 0.29) is 17.5 Å². The molecule has 0 aliphatic carbocycles. The van der Waals surface area contributed by atoms with E-state index in [2.05, 4.69) is 5.32 Å². The molecule has 7 heteroatoms. The van der Waals surface area contributed by atoms with E-state index in [0.29, 0.717) is 6.54 Å². The molecule has 1 aromatic rings. The molecule has 20 heavy (non-hydrogen) atoms. The van der Waals surface area contributed by atoms with E-state index in [1.165, 1.54) is 12.1 Å². The molecule has 3 nitrogen and oxygen atoms in total. The van der Waals surface area contributed by atoms with Crippen LogP contribution in [0, 0.1) is 0 Å². The molecule has 0 aliphatic rings. The van der Waals surface area contributed by atoms with Crippen LogP contribution in [-0.2, 0) is 9.84 Å². The van der Waals surface area contributed by atoms with Crippen LogP contribution in [0.15, 0.2) is 29.2 Å². The van der Waals surface area contributed by atoms with Crippen molar-refractivity contribution in [2.75, 3.05) is 6.54 Å². The second-order valence-electron chi connectivity index (χ2n) is 4.62. The molecular weight excluding hydrogens is 291 g/mol. The molecule has 0 radical (unpaired) electrons. The maximum atomic E-state index is 12.7. The first-order valence-corrected chi connectivity index (χ1v) is 7.75. The fourth-order valence-electron chi connectivity index (χ4n) is 1.99. The lowest BCUT2D eigenvalue weighted by Gasteiger charge is -2.23. The van der Waals surface area contributed by atoms with Gasteiger partial charge < -0.3 is 5.32 Å². The summed E-state index contributed by atoms with van der Waals surface area (Å²) in [6.07, 6.45) is 0. The normalized spacial score (nSPS) is 15.9. The summed E-state index contributed by atoms with van der Waals surface area (Å²) in [4.78, 5) is -0.662. The van der Waals surface area contributed by atoms with Gasteiger partial charge in [-0.3, -0.25) is 0 Å². The Hall–Kier alpha value is -1.08. The Morgan fingerprint density at radius 3 is 2.25 bits per heavy atom. The Bertz CT molecular complexity index is 555. The van der Waals surface area contributed by atoms with E-state index >= 15 is 0 Å². The van der Waals surface area contributed by atoms with Gasteiger partial charge in [-0.05, 0) is 31.0 Å². The Labute approximate surface area is 117 Å². The number of hydrogen-bond donors (Lipinski definition) is 1. The second-order valence-corrected chi connectivity index (χ2v) is 6.53. The van der Waals surface area contributed by atoms with E-state index < -0.39 is 20.2 Å². The highest BCUT2D eigenvalue weighted by molar-refractivity contribution is 7.92. The maximum Gasteiger partial charge on any atom is 0.501 e. The Morgan fingerprint density at radius 1 is 1.20 bits per heavy atom. The third-order valence-corrected chi connectivity index (χ3v) is 4.84. The fourth-order valence-corrected chi connectivity index (χ4v) is 3.07. The predicted molar refractivity (Wildman–Crippen MR) is 71.2 cm³/mol. The number of alkyl halides is 3. The van der Waals surface area contributed by atoms with Crippen LogP contribution < -0.4 is 5.32 Å². The molecule has 1 rings (SSSR count). The summed E-state index contributed by atoms with van der Waals surface area (Å²) in [5.74, 6) is -0.358. The van der Waals surface area contributed by atoms with Crippen molar-refractivity contribution in [3.05, 3.63) is 29.8 Å². The lowest BCUT2D eigenvalue weighted by molar-refractivity contribution is -0.0436. The number of halogens is 3. The van der Waals surface area contributed by atoms with Gasteiger partial charge in [-0.2, -0.15) is 13.2 Å². The SMILES string of the molecule is CCNC(C)C(C)c1ccccc1S(=O)(=O)C(F)(F)F. The fraction of sp³-hybridized carbons (Fsp3) is 0.538. The van der Waals surface area contributed by atoms with Crippen molar-refractivity contribution in [3.8, 4) is 0 Å². The lowest BCUT2D eigenvalue weighted by Crippen LogP contribution is -2.32. The van der Waals surface area contributed by atoms with Crippen LogP contribution >= 0.6 is 0 Å². The Kier molecular flexibility index (Phi) is 5.21. The average molecular weight is 309 g/mol. The van der Waals surface area contributed by atoms with Gasteiger partial charge in [0.05, 0.1) is 4.90 Å². The summed E-state index contributed by atoms with van der Waals surface area (Å²) in [6, 6.07) is 5.14. The summed E-state index contributed by atoms with van der Waals surface area (Å²) in [6.45, 7) is 6.05. The highest BCUT2D eigenvalue weighted by Gasteiger charge is 2.48. The lowest BCUT2D eigenvalue weighted by atomic mass is 9.94. The zero-order valence-corrected chi connectivity index (χ0v) is 12.3. The summed E-state index contributed by atoms with van der Waals surface area (Å²) in [5, 5.41) is 3.09. The smallest absolute Gasteiger partial charge is 0.314 e. The first-order chi connectivity index (χ1) is 9.13. The van der Waals surface area contributed by atoms with Crippen molar-refractivity contribution in [1.82, 2.24) is 5.32 Å². The van der Waals surface area contributed by atoms with Crippen molar-refractivity contribution in [2.45, 2.75) is 43.1 Å². The third-order valence-electron chi connectivity index (χ3n) is 3.28. The standard InChI is InChI=1S/C13H18F3NO2S/c1-4-17-10(3)9(2)11-7-5-6-8-12(11)20(18,19)13(14,15)16/h5-10,17H,4H2,1-3H3. The van der Waals surface area contributed by atoms with Crippen molar-refractivity contribution >= 4 is 9.84 Å². The summed E-state index contributed by atoms with van der Waals surface area (Å²) < 4.78 is 61.4. The van der Waals surface area contributed by atoms with Gasteiger partial charge in [-0.15, -0.1) is 0 Å². The molecule has 1 aromatic carbocycles. The molecule has 114 valence electrons. The molecule has 0 fully saturated rings. The van der Waals surface area contributed by atoms with Crippen LogP contribution in [0.3, 0.4) is 0 Å². The third kappa shape index (κ3) is 3.32. The number of benzene rings is 1. The van der Waals surface area contributed by atoms with E-state index in [1.54, 1.807) is 13.0 Å². The molecule has 0 saturated carbocycles. The zero-order valence-electron chi connectivity index (χ0n) is 11.5. The van der Waals surface area contributed by atoms with Crippen LogP contribution in [0.25, 0.3) is 0 Å². The van der Waals surface area contributed by atoms with Gasteiger partial charge in [0.2, 0.25) is 0 Å². The molecular formula is C13H18F3NO2S. The molecule has 0 aliphatic heterocycles. The Balaban J connectivity index is 3.32. The molecule has 0 bridgehead atoms. The summed E-state index contributed by atoms with van der Waals surface area (Å²) >= 11 is 0. The monoisotopic (exact) mass is 309 g/mol. The van der Waals surface area contributed by atoms with E-state index in [0.717, 1.165) is 6.07 Å². The van der Waals surface area contributed by atoms with Gasteiger partial charge in [-0.1, -0.05) is 32.0 Å². The molecule has 0 heterocycles. The van der Waals surface area contributed by atoms with Crippen molar-refractivity contribution in [2.24, 2.45) is 0 Å².